The van der Waals surface area contributed by atoms with Gasteiger partial charge in [-0.15, -0.1) is 0 Å². The second kappa shape index (κ2) is 6.38. The molecule has 0 bridgehead atoms. The average Bonchev–Trinajstić information content (AvgIpc) is 2.89. The molecule has 1 unspecified atom stereocenters. The maximum Gasteiger partial charge on any atom is 0.117 e. The number of hydrogen-bond acceptors (Lipinski definition) is 3. The second-order valence-electron chi connectivity index (χ2n) is 4.50. The Balaban J connectivity index is 2.09. The highest BCUT2D eigenvalue weighted by Gasteiger charge is 2.16. The van der Waals surface area contributed by atoms with E-state index in [0.29, 0.717) is 12.6 Å². The monoisotopic (exact) mass is 244 g/mol. The Morgan fingerprint density at radius 1 is 1.17 bits per heavy atom. The van der Waals surface area contributed by atoms with Crippen molar-refractivity contribution in [1.29, 1.82) is 0 Å². The van der Waals surface area contributed by atoms with E-state index in [4.69, 9.17) is 10.2 Å². The average molecular weight is 244 g/mol. The van der Waals surface area contributed by atoms with Crippen LogP contribution in [0.5, 0.6) is 0 Å². The second-order valence-corrected chi connectivity index (χ2v) is 4.50. The van der Waals surface area contributed by atoms with Crippen molar-refractivity contribution < 1.29 is 4.42 Å². The van der Waals surface area contributed by atoms with Crippen molar-refractivity contribution >= 4 is 0 Å². The van der Waals surface area contributed by atoms with Crippen molar-refractivity contribution in [3.05, 3.63) is 60.1 Å². The number of hydrogen-bond donors (Lipinski definition) is 1. The van der Waals surface area contributed by atoms with Crippen LogP contribution in [0.3, 0.4) is 0 Å². The van der Waals surface area contributed by atoms with Gasteiger partial charge in [0.25, 0.3) is 0 Å². The van der Waals surface area contributed by atoms with E-state index in [-0.39, 0.29) is 0 Å². The molecule has 0 saturated carbocycles. The van der Waals surface area contributed by atoms with Crippen molar-refractivity contribution in [2.24, 2.45) is 5.73 Å². The van der Waals surface area contributed by atoms with Crippen molar-refractivity contribution in [3.63, 3.8) is 0 Å². The third-order valence-corrected chi connectivity index (χ3v) is 3.14. The van der Waals surface area contributed by atoms with Crippen LogP contribution in [0.2, 0.25) is 0 Å². The lowest BCUT2D eigenvalue weighted by Gasteiger charge is -2.27. The molecule has 0 aliphatic carbocycles. The van der Waals surface area contributed by atoms with Crippen LogP contribution in [0.1, 0.15) is 23.8 Å². The molecule has 18 heavy (non-hydrogen) atoms. The highest BCUT2D eigenvalue weighted by molar-refractivity contribution is 5.19. The van der Waals surface area contributed by atoms with Crippen LogP contribution in [-0.2, 0) is 6.54 Å². The van der Waals surface area contributed by atoms with Gasteiger partial charge in [-0.2, -0.15) is 0 Å². The summed E-state index contributed by atoms with van der Waals surface area (Å²) in [6.07, 6.45) is 2.66. The van der Waals surface area contributed by atoms with E-state index in [0.717, 1.165) is 18.7 Å². The Morgan fingerprint density at radius 2 is 1.94 bits per heavy atom. The first-order valence-electron chi connectivity index (χ1n) is 6.29. The highest BCUT2D eigenvalue weighted by atomic mass is 16.3. The summed E-state index contributed by atoms with van der Waals surface area (Å²) in [6.45, 7) is 1.48. The van der Waals surface area contributed by atoms with Gasteiger partial charge >= 0.3 is 0 Å². The molecule has 1 atom stereocenters. The third-order valence-electron chi connectivity index (χ3n) is 3.14. The van der Waals surface area contributed by atoms with Gasteiger partial charge in [-0.05, 0) is 37.7 Å². The van der Waals surface area contributed by atoms with Gasteiger partial charge in [0.05, 0.1) is 12.8 Å². The molecule has 0 radical (unpaired) electrons. The molecule has 3 nitrogen and oxygen atoms in total. The molecule has 2 aromatic rings. The lowest BCUT2D eigenvalue weighted by Crippen LogP contribution is -2.26. The van der Waals surface area contributed by atoms with Crippen LogP contribution in [0, 0.1) is 0 Å². The quantitative estimate of drug-likeness (QED) is 0.849. The Kier molecular flexibility index (Phi) is 4.56. The van der Waals surface area contributed by atoms with Gasteiger partial charge < -0.3 is 10.2 Å². The van der Waals surface area contributed by atoms with Gasteiger partial charge in [-0.25, -0.2) is 0 Å². The molecule has 0 spiro atoms. The van der Waals surface area contributed by atoms with Crippen LogP contribution >= 0.6 is 0 Å². The van der Waals surface area contributed by atoms with E-state index in [1.165, 1.54) is 5.56 Å². The largest absolute Gasteiger partial charge is 0.468 e. The smallest absolute Gasteiger partial charge is 0.117 e. The fourth-order valence-electron chi connectivity index (χ4n) is 2.23. The zero-order valence-corrected chi connectivity index (χ0v) is 10.8. The van der Waals surface area contributed by atoms with Crippen molar-refractivity contribution in [1.82, 2.24) is 4.90 Å². The molecule has 1 heterocycles. The number of rotatable bonds is 6. The molecule has 0 aliphatic heterocycles. The summed E-state index contributed by atoms with van der Waals surface area (Å²) < 4.78 is 5.40. The first-order valence-corrected chi connectivity index (χ1v) is 6.29. The normalized spacial score (nSPS) is 12.8. The molecule has 0 saturated heterocycles. The summed E-state index contributed by atoms with van der Waals surface area (Å²) in [6, 6.07) is 14.7. The van der Waals surface area contributed by atoms with Crippen LogP contribution < -0.4 is 5.73 Å². The van der Waals surface area contributed by atoms with Gasteiger partial charge in [0.2, 0.25) is 0 Å². The molecule has 0 aliphatic rings. The molecular weight excluding hydrogens is 224 g/mol. The SMILES string of the molecule is CN(Cc1ccco1)C(CCN)c1ccccc1. The number of furan rings is 1. The Morgan fingerprint density at radius 3 is 2.56 bits per heavy atom. The van der Waals surface area contributed by atoms with E-state index < -0.39 is 0 Å². The fraction of sp³-hybridized carbons (Fsp3) is 0.333. The zero-order chi connectivity index (χ0) is 12.8. The Hall–Kier alpha value is -1.58. The maximum atomic E-state index is 5.73. The molecular formula is C15H20N2O. The lowest BCUT2D eigenvalue weighted by molar-refractivity contribution is 0.210. The van der Waals surface area contributed by atoms with Gasteiger partial charge in [0.1, 0.15) is 5.76 Å². The van der Waals surface area contributed by atoms with E-state index in [1.54, 1.807) is 6.26 Å². The first-order chi connectivity index (χ1) is 8.81. The van der Waals surface area contributed by atoms with E-state index in [2.05, 4.69) is 36.2 Å². The number of benzene rings is 1. The first kappa shape index (κ1) is 12.9. The van der Waals surface area contributed by atoms with E-state index >= 15 is 0 Å². The minimum Gasteiger partial charge on any atom is -0.468 e. The summed E-state index contributed by atoms with van der Waals surface area (Å²) in [5, 5.41) is 0. The topological polar surface area (TPSA) is 42.4 Å². The Bertz CT molecular complexity index is 439. The van der Waals surface area contributed by atoms with Gasteiger partial charge in [-0.3, -0.25) is 4.90 Å². The fourth-order valence-corrected chi connectivity index (χ4v) is 2.23. The summed E-state index contributed by atoms with van der Waals surface area (Å²) in [5.74, 6) is 0.982. The lowest BCUT2D eigenvalue weighted by atomic mass is 10.0. The minimum absolute atomic E-state index is 0.335. The van der Waals surface area contributed by atoms with E-state index in [9.17, 15) is 0 Å². The molecule has 1 aromatic carbocycles. The van der Waals surface area contributed by atoms with Crippen molar-refractivity contribution in [2.45, 2.75) is 19.0 Å². The van der Waals surface area contributed by atoms with Crippen LogP contribution in [0.4, 0.5) is 0 Å². The standard InChI is InChI=1S/C15H20N2O/c1-17(12-14-8-5-11-18-14)15(9-10-16)13-6-3-2-4-7-13/h2-8,11,15H,9-10,12,16H2,1H3. The minimum atomic E-state index is 0.335. The van der Waals surface area contributed by atoms with Crippen molar-refractivity contribution in [3.8, 4) is 0 Å². The number of nitrogens with two attached hydrogens (primary N) is 1. The van der Waals surface area contributed by atoms with Crippen LogP contribution in [0.25, 0.3) is 0 Å². The molecule has 96 valence electrons. The van der Waals surface area contributed by atoms with Gasteiger partial charge in [0, 0.05) is 6.04 Å². The van der Waals surface area contributed by atoms with Crippen LogP contribution in [0.15, 0.2) is 53.1 Å². The molecule has 2 N–H and O–H groups in total. The van der Waals surface area contributed by atoms with Gasteiger partial charge in [0.15, 0.2) is 0 Å². The Labute approximate surface area is 108 Å². The van der Waals surface area contributed by atoms with E-state index in [1.807, 2.05) is 18.2 Å². The molecule has 2 rings (SSSR count). The third kappa shape index (κ3) is 3.22. The molecule has 0 amide bonds. The van der Waals surface area contributed by atoms with Gasteiger partial charge in [-0.1, -0.05) is 30.3 Å². The predicted octanol–water partition coefficient (Wildman–Crippen LogP) is 2.80. The summed E-state index contributed by atoms with van der Waals surface area (Å²) in [4.78, 5) is 2.28. The maximum absolute atomic E-state index is 5.73. The predicted molar refractivity (Wildman–Crippen MR) is 73.0 cm³/mol. The highest BCUT2D eigenvalue weighted by Crippen LogP contribution is 2.24. The summed E-state index contributed by atoms with van der Waals surface area (Å²) in [5.41, 5.74) is 7.03. The summed E-state index contributed by atoms with van der Waals surface area (Å²) in [7, 11) is 2.11. The zero-order valence-electron chi connectivity index (χ0n) is 10.8. The molecule has 3 heteroatoms. The van der Waals surface area contributed by atoms with Crippen LogP contribution in [-0.4, -0.2) is 18.5 Å². The molecule has 0 fully saturated rings. The molecule has 1 aromatic heterocycles. The summed E-state index contributed by atoms with van der Waals surface area (Å²) >= 11 is 0. The number of nitrogens with zero attached hydrogens (tertiary/aromatic N) is 1. The van der Waals surface area contributed by atoms with Crippen molar-refractivity contribution in [2.75, 3.05) is 13.6 Å².